The molecule has 0 spiro atoms. The van der Waals surface area contributed by atoms with Crippen LogP contribution in [0.2, 0.25) is 0 Å². The molecular weight excluding hydrogens is 162 g/mol. The molecule has 0 aliphatic rings. The van der Waals surface area contributed by atoms with Crippen molar-refractivity contribution in [3.63, 3.8) is 0 Å². The molecule has 13 heavy (non-hydrogen) atoms. The first kappa shape index (κ1) is 12.9. The first-order valence-electron chi connectivity index (χ1n) is 5.63. The van der Waals surface area contributed by atoms with Crippen LogP contribution in [0.5, 0.6) is 0 Å². The Labute approximate surface area is 82.7 Å². The first-order valence-corrected chi connectivity index (χ1v) is 5.63. The zero-order chi connectivity index (χ0) is 10.1. The molecule has 0 amide bonds. The summed E-state index contributed by atoms with van der Waals surface area (Å²) in [5, 5.41) is 12.9. The molecule has 0 aliphatic carbocycles. The molecular formula is C11H25NO. The molecule has 2 heteroatoms. The minimum absolute atomic E-state index is 0.170. The number of unbranched alkanes of at least 4 members (excludes halogenated alkanes) is 3. The molecule has 2 N–H and O–H groups in total. The Morgan fingerprint density at radius 2 is 1.85 bits per heavy atom. The Morgan fingerprint density at radius 1 is 1.15 bits per heavy atom. The zero-order valence-corrected chi connectivity index (χ0v) is 9.34. The van der Waals surface area contributed by atoms with E-state index >= 15 is 0 Å². The van der Waals surface area contributed by atoms with Crippen molar-refractivity contribution in [2.45, 2.75) is 65.0 Å². The molecule has 0 aromatic carbocycles. The van der Waals surface area contributed by atoms with E-state index < -0.39 is 0 Å². The summed E-state index contributed by atoms with van der Waals surface area (Å²) in [5.74, 6) is 0. The van der Waals surface area contributed by atoms with Crippen LogP contribution in [0.15, 0.2) is 0 Å². The van der Waals surface area contributed by atoms with Crippen molar-refractivity contribution < 1.29 is 5.11 Å². The van der Waals surface area contributed by atoms with Crippen LogP contribution in [-0.2, 0) is 0 Å². The molecule has 0 aromatic heterocycles. The van der Waals surface area contributed by atoms with Gasteiger partial charge in [-0.1, -0.05) is 39.5 Å². The lowest BCUT2D eigenvalue weighted by molar-refractivity contribution is 0.123. The van der Waals surface area contributed by atoms with Crippen molar-refractivity contribution in [1.29, 1.82) is 0 Å². The standard InChI is InChI=1S/C11H25NO/c1-4-6-7-8-9-11(13)10(3)12-5-2/h10-13H,4-9H2,1-3H3. The molecule has 0 bridgehead atoms. The number of aliphatic hydroxyl groups excluding tert-OH is 1. The summed E-state index contributed by atoms with van der Waals surface area (Å²) in [7, 11) is 0. The highest BCUT2D eigenvalue weighted by Gasteiger charge is 2.11. The third kappa shape index (κ3) is 7.03. The predicted molar refractivity (Wildman–Crippen MR) is 57.9 cm³/mol. The lowest BCUT2D eigenvalue weighted by Crippen LogP contribution is -2.37. The summed E-state index contributed by atoms with van der Waals surface area (Å²) >= 11 is 0. The number of nitrogens with one attached hydrogen (secondary N) is 1. The van der Waals surface area contributed by atoms with Crippen LogP contribution in [0.1, 0.15) is 52.9 Å². The molecule has 0 radical (unpaired) electrons. The Hall–Kier alpha value is -0.0800. The van der Waals surface area contributed by atoms with Gasteiger partial charge in [0.05, 0.1) is 6.10 Å². The molecule has 80 valence electrons. The topological polar surface area (TPSA) is 32.3 Å². The van der Waals surface area contributed by atoms with E-state index in [0.717, 1.165) is 19.4 Å². The van der Waals surface area contributed by atoms with Gasteiger partial charge in [-0.25, -0.2) is 0 Å². The molecule has 0 saturated carbocycles. The Balaban J connectivity index is 3.32. The molecule has 0 saturated heterocycles. The van der Waals surface area contributed by atoms with Gasteiger partial charge in [-0.15, -0.1) is 0 Å². The third-order valence-electron chi connectivity index (χ3n) is 2.46. The maximum Gasteiger partial charge on any atom is 0.0690 e. The van der Waals surface area contributed by atoms with Crippen molar-refractivity contribution in [2.75, 3.05) is 6.54 Å². The van der Waals surface area contributed by atoms with Gasteiger partial charge in [0, 0.05) is 6.04 Å². The average molecular weight is 187 g/mol. The van der Waals surface area contributed by atoms with E-state index in [4.69, 9.17) is 0 Å². The van der Waals surface area contributed by atoms with E-state index in [0.29, 0.717) is 0 Å². The summed E-state index contributed by atoms with van der Waals surface area (Å²) in [6, 6.07) is 0.242. The highest BCUT2D eigenvalue weighted by atomic mass is 16.3. The van der Waals surface area contributed by atoms with Gasteiger partial charge < -0.3 is 10.4 Å². The number of rotatable bonds is 8. The van der Waals surface area contributed by atoms with Crippen LogP contribution >= 0.6 is 0 Å². The number of hydrogen-bond donors (Lipinski definition) is 2. The summed E-state index contributed by atoms with van der Waals surface area (Å²) < 4.78 is 0. The van der Waals surface area contributed by atoms with Gasteiger partial charge in [-0.3, -0.25) is 0 Å². The lowest BCUT2D eigenvalue weighted by atomic mass is 10.0. The highest BCUT2D eigenvalue weighted by molar-refractivity contribution is 4.69. The fourth-order valence-electron chi connectivity index (χ4n) is 1.49. The molecule has 0 fully saturated rings. The van der Waals surface area contributed by atoms with Crippen LogP contribution in [0.4, 0.5) is 0 Å². The van der Waals surface area contributed by atoms with Gasteiger partial charge in [0.1, 0.15) is 0 Å². The van der Waals surface area contributed by atoms with Crippen LogP contribution in [-0.4, -0.2) is 23.8 Å². The van der Waals surface area contributed by atoms with Crippen LogP contribution in [0, 0.1) is 0 Å². The van der Waals surface area contributed by atoms with E-state index in [9.17, 15) is 5.11 Å². The predicted octanol–water partition coefficient (Wildman–Crippen LogP) is 2.32. The highest BCUT2D eigenvalue weighted by Crippen LogP contribution is 2.07. The van der Waals surface area contributed by atoms with Gasteiger partial charge >= 0.3 is 0 Å². The Kier molecular flexibility index (Phi) is 8.46. The normalized spacial score (nSPS) is 15.7. The van der Waals surface area contributed by atoms with Crippen LogP contribution in [0.3, 0.4) is 0 Å². The van der Waals surface area contributed by atoms with Gasteiger partial charge in [0.2, 0.25) is 0 Å². The molecule has 0 aliphatic heterocycles. The van der Waals surface area contributed by atoms with E-state index in [2.05, 4.69) is 19.2 Å². The summed E-state index contributed by atoms with van der Waals surface area (Å²) in [6.07, 6.45) is 5.74. The van der Waals surface area contributed by atoms with Crippen molar-refractivity contribution in [1.82, 2.24) is 5.32 Å². The lowest BCUT2D eigenvalue weighted by Gasteiger charge is -2.19. The SMILES string of the molecule is CCCCCCC(O)C(C)NCC. The molecule has 2 unspecified atom stereocenters. The van der Waals surface area contributed by atoms with Crippen molar-refractivity contribution in [2.24, 2.45) is 0 Å². The minimum atomic E-state index is -0.170. The summed E-state index contributed by atoms with van der Waals surface area (Å²) in [5.41, 5.74) is 0. The van der Waals surface area contributed by atoms with Crippen molar-refractivity contribution in [3.05, 3.63) is 0 Å². The number of hydrogen-bond acceptors (Lipinski definition) is 2. The Morgan fingerprint density at radius 3 is 2.38 bits per heavy atom. The van der Waals surface area contributed by atoms with Gasteiger partial charge in [0.25, 0.3) is 0 Å². The average Bonchev–Trinajstić information content (AvgIpc) is 2.12. The van der Waals surface area contributed by atoms with Crippen LogP contribution < -0.4 is 5.32 Å². The van der Waals surface area contributed by atoms with E-state index in [1.54, 1.807) is 0 Å². The van der Waals surface area contributed by atoms with Crippen molar-refractivity contribution in [3.8, 4) is 0 Å². The summed E-state index contributed by atoms with van der Waals surface area (Å²) in [4.78, 5) is 0. The van der Waals surface area contributed by atoms with E-state index in [1.807, 2.05) is 6.92 Å². The fraction of sp³-hybridized carbons (Fsp3) is 1.00. The molecule has 2 nitrogen and oxygen atoms in total. The minimum Gasteiger partial charge on any atom is -0.392 e. The van der Waals surface area contributed by atoms with E-state index in [1.165, 1.54) is 19.3 Å². The largest absolute Gasteiger partial charge is 0.392 e. The number of aliphatic hydroxyl groups is 1. The Bertz CT molecular complexity index is 106. The zero-order valence-electron chi connectivity index (χ0n) is 9.34. The monoisotopic (exact) mass is 187 g/mol. The maximum atomic E-state index is 9.69. The van der Waals surface area contributed by atoms with Crippen molar-refractivity contribution >= 4 is 0 Å². The summed E-state index contributed by atoms with van der Waals surface area (Å²) in [6.45, 7) is 7.26. The third-order valence-corrected chi connectivity index (χ3v) is 2.46. The van der Waals surface area contributed by atoms with Gasteiger partial charge in [0.15, 0.2) is 0 Å². The smallest absolute Gasteiger partial charge is 0.0690 e. The molecule has 2 atom stereocenters. The second-order valence-corrected chi connectivity index (χ2v) is 3.76. The molecule has 0 aromatic rings. The molecule has 0 rings (SSSR count). The number of likely N-dealkylation sites (N-methyl/N-ethyl adjacent to an activating group) is 1. The quantitative estimate of drug-likeness (QED) is 0.572. The van der Waals surface area contributed by atoms with E-state index in [-0.39, 0.29) is 12.1 Å². The van der Waals surface area contributed by atoms with Gasteiger partial charge in [-0.05, 0) is 19.9 Å². The fourth-order valence-corrected chi connectivity index (χ4v) is 1.49. The van der Waals surface area contributed by atoms with Crippen LogP contribution in [0.25, 0.3) is 0 Å². The first-order chi connectivity index (χ1) is 6.22. The van der Waals surface area contributed by atoms with Gasteiger partial charge in [-0.2, -0.15) is 0 Å². The molecule has 0 heterocycles. The second-order valence-electron chi connectivity index (χ2n) is 3.76. The second kappa shape index (κ2) is 8.52. The maximum absolute atomic E-state index is 9.69.